The summed E-state index contributed by atoms with van der Waals surface area (Å²) in [5.41, 5.74) is 8.83. The molecule has 0 amide bonds. The fraction of sp³-hybridized carbons (Fsp3) is 0.429. The first-order valence-corrected chi connectivity index (χ1v) is 10.3. The molecule has 4 atom stereocenters. The SMILES string of the molecule is CC1(C)O[C@@H]2[C@H](O1)[C@@H](C(=O)O)O[C@H]2n1c(NCCc2ccccc2N)nc2cncnc21. The minimum Gasteiger partial charge on any atom is -0.479 e. The smallest absolute Gasteiger partial charge is 0.335 e. The molecule has 2 aromatic heterocycles. The van der Waals surface area contributed by atoms with Crippen molar-refractivity contribution < 1.29 is 24.1 Å². The number of benzene rings is 1. The average Bonchev–Trinajstić information content (AvgIpc) is 3.37. The molecule has 5 rings (SSSR count). The van der Waals surface area contributed by atoms with Crippen LogP contribution >= 0.6 is 0 Å². The summed E-state index contributed by atoms with van der Waals surface area (Å²) in [5.74, 6) is -1.58. The van der Waals surface area contributed by atoms with Crippen LogP contribution in [0.1, 0.15) is 25.6 Å². The van der Waals surface area contributed by atoms with Gasteiger partial charge in [-0.05, 0) is 31.9 Å². The summed E-state index contributed by atoms with van der Waals surface area (Å²) in [6.07, 6.45) is 0.286. The summed E-state index contributed by atoms with van der Waals surface area (Å²) in [4.78, 5) is 24.8. The number of nitrogens with zero attached hydrogens (tertiary/aromatic N) is 4. The zero-order chi connectivity index (χ0) is 22.5. The molecule has 0 saturated carbocycles. The first-order chi connectivity index (χ1) is 15.3. The van der Waals surface area contributed by atoms with E-state index in [1.54, 1.807) is 24.6 Å². The number of carboxylic acid groups (broad SMARTS) is 1. The van der Waals surface area contributed by atoms with Gasteiger partial charge in [0.15, 0.2) is 23.8 Å². The van der Waals surface area contributed by atoms with Crippen LogP contribution in [-0.4, -0.2) is 61.2 Å². The van der Waals surface area contributed by atoms with Gasteiger partial charge >= 0.3 is 5.97 Å². The normalized spacial score (nSPS) is 26.3. The number of hydrogen-bond donors (Lipinski definition) is 3. The maximum Gasteiger partial charge on any atom is 0.335 e. The van der Waals surface area contributed by atoms with Crippen LogP contribution in [0, 0.1) is 0 Å². The summed E-state index contributed by atoms with van der Waals surface area (Å²) < 4.78 is 19.5. The van der Waals surface area contributed by atoms with Crippen molar-refractivity contribution in [1.82, 2.24) is 19.5 Å². The highest BCUT2D eigenvalue weighted by Crippen LogP contribution is 2.44. The highest BCUT2D eigenvalue weighted by Gasteiger charge is 2.59. The molecular weight excluding hydrogens is 416 g/mol. The van der Waals surface area contributed by atoms with Crippen LogP contribution in [-0.2, 0) is 25.4 Å². The van der Waals surface area contributed by atoms with Crippen molar-refractivity contribution in [2.24, 2.45) is 0 Å². The van der Waals surface area contributed by atoms with Crippen LogP contribution in [0.15, 0.2) is 36.8 Å². The van der Waals surface area contributed by atoms with Crippen molar-refractivity contribution >= 4 is 28.8 Å². The number of para-hydroxylation sites is 1. The van der Waals surface area contributed by atoms with E-state index >= 15 is 0 Å². The van der Waals surface area contributed by atoms with Gasteiger partial charge in [0.2, 0.25) is 5.95 Å². The van der Waals surface area contributed by atoms with E-state index in [-0.39, 0.29) is 0 Å². The van der Waals surface area contributed by atoms with E-state index in [4.69, 9.17) is 19.9 Å². The van der Waals surface area contributed by atoms with E-state index in [0.29, 0.717) is 30.1 Å². The van der Waals surface area contributed by atoms with Gasteiger partial charge in [0.05, 0.1) is 6.20 Å². The molecule has 0 spiro atoms. The standard InChI is InChI=1S/C21H24N6O5/c1-21(2)31-14-15(32-21)18(30-16(14)19(28)29)27-17-13(9-23-10-25-17)26-20(27)24-8-7-11-5-3-4-6-12(11)22/h3-6,9-10,14-16,18H,7-8,22H2,1-2H3,(H,24,26)(H,28,29)/t14-,15+,16-,18+/m0/s1. The van der Waals surface area contributed by atoms with Crippen molar-refractivity contribution in [3.05, 3.63) is 42.4 Å². The monoisotopic (exact) mass is 440 g/mol. The van der Waals surface area contributed by atoms with E-state index in [9.17, 15) is 9.90 Å². The number of nitrogen functional groups attached to an aromatic ring is 1. The Kier molecular flexibility index (Phi) is 4.96. The molecular formula is C21H24N6O5. The molecule has 1 aromatic carbocycles. The number of fused-ring (bicyclic) bond motifs is 2. The average molecular weight is 440 g/mol. The number of aromatic nitrogens is 4. The molecule has 11 heteroatoms. The lowest BCUT2D eigenvalue weighted by atomic mass is 10.1. The Morgan fingerprint density at radius 2 is 2.06 bits per heavy atom. The van der Waals surface area contributed by atoms with Crippen molar-refractivity contribution in [1.29, 1.82) is 0 Å². The third-order valence-corrected chi connectivity index (χ3v) is 5.61. The largest absolute Gasteiger partial charge is 0.479 e. The number of carboxylic acids is 1. The van der Waals surface area contributed by atoms with Crippen molar-refractivity contribution in [3.8, 4) is 0 Å². The molecule has 2 aliphatic rings. The molecule has 0 bridgehead atoms. The van der Waals surface area contributed by atoms with Crippen LogP contribution in [0.5, 0.6) is 0 Å². The Bertz CT molecular complexity index is 1160. The molecule has 32 heavy (non-hydrogen) atoms. The van der Waals surface area contributed by atoms with Gasteiger partial charge in [-0.3, -0.25) is 4.57 Å². The van der Waals surface area contributed by atoms with Crippen LogP contribution in [0.25, 0.3) is 11.2 Å². The topological polar surface area (TPSA) is 147 Å². The number of carbonyl (C=O) groups is 1. The summed E-state index contributed by atoms with van der Waals surface area (Å²) in [7, 11) is 0. The van der Waals surface area contributed by atoms with E-state index < -0.39 is 36.3 Å². The quantitative estimate of drug-likeness (QED) is 0.483. The van der Waals surface area contributed by atoms with Crippen LogP contribution in [0.3, 0.4) is 0 Å². The number of ether oxygens (including phenoxy) is 3. The molecule has 4 N–H and O–H groups in total. The van der Waals surface area contributed by atoms with Crippen LogP contribution < -0.4 is 11.1 Å². The molecule has 168 valence electrons. The molecule has 2 saturated heterocycles. The Balaban J connectivity index is 1.48. The predicted molar refractivity (Wildman–Crippen MR) is 114 cm³/mol. The minimum absolute atomic E-state index is 0.470. The summed E-state index contributed by atoms with van der Waals surface area (Å²) >= 11 is 0. The van der Waals surface area contributed by atoms with Gasteiger partial charge in [0.1, 0.15) is 24.1 Å². The Morgan fingerprint density at radius 3 is 2.84 bits per heavy atom. The Hall–Kier alpha value is -3.28. The molecule has 0 unspecified atom stereocenters. The highest BCUT2D eigenvalue weighted by molar-refractivity contribution is 5.75. The first-order valence-electron chi connectivity index (χ1n) is 10.3. The first kappa shape index (κ1) is 20.6. The zero-order valence-electron chi connectivity index (χ0n) is 17.6. The third-order valence-electron chi connectivity index (χ3n) is 5.61. The van der Waals surface area contributed by atoms with E-state index in [1.807, 2.05) is 24.3 Å². The second kappa shape index (κ2) is 7.69. The Labute approximate surface area is 183 Å². The fourth-order valence-electron chi connectivity index (χ4n) is 4.27. The van der Waals surface area contributed by atoms with Crippen molar-refractivity contribution in [2.45, 2.75) is 50.6 Å². The van der Waals surface area contributed by atoms with Gasteiger partial charge in [-0.25, -0.2) is 19.7 Å². The maximum atomic E-state index is 11.8. The van der Waals surface area contributed by atoms with Gasteiger partial charge < -0.3 is 30.4 Å². The lowest BCUT2D eigenvalue weighted by Crippen LogP contribution is -2.35. The predicted octanol–water partition coefficient (Wildman–Crippen LogP) is 1.57. The molecule has 2 aliphatic heterocycles. The number of aliphatic carboxylic acids is 1. The van der Waals surface area contributed by atoms with Crippen LogP contribution in [0.4, 0.5) is 11.6 Å². The Morgan fingerprint density at radius 1 is 1.28 bits per heavy atom. The highest BCUT2D eigenvalue weighted by atomic mass is 16.8. The number of nitrogens with one attached hydrogen (secondary N) is 1. The van der Waals surface area contributed by atoms with E-state index in [0.717, 1.165) is 11.3 Å². The molecule has 2 fully saturated rings. The molecule has 11 nitrogen and oxygen atoms in total. The molecule has 0 aliphatic carbocycles. The van der Waals surface area contributed by atoms with Gasteiger partial charge in [-0.15, -0.1) is 0 Å². The number of rotatable bonds is 6. The number of hydrogen-bond acceptors (Lipinski definition) is 9. The van der Waals surface area contributed by atoms with Gasteiger partial charge in [0.25, 0.3) is 0 Å². The van der Waals surface area contributed by atoms with Gasteiger partial charge in [-0.2, -0.15) is 0 Å². The van der Waals surface area contributed by atoms with E-state index in [2.05, 4.69) is 20.3 Å². The lowest BCUT2D eigenvalue weighted by Gasteiger charge is -2.24. The van der Waals surface area contributed by atoms with Crippen molar-refractivity contribution in [2.75, 3.05) is 17.6 Å². The third kappa shape index (κ3) is 3.53. The van der Waals surface area contributed by atoms with Gasteiger partial charge in [0, 0.05) is 12.2 Å². The molecule has 4 heterocycles. The summed E-state index contributed by atoms with van der Waals surface area (Å²) in [6.45, 7) is 4.04. The van der Waals surface area contributed by atoms with Crippen LogP contribution in [0.2, 0.25) is 0 Å². The fourth-order valence-corrected chi connectivity index (χ4v) is 4.27. The number of anilines is 2. The lowest BCUT2D eigenvalue weighted by molar-refractivity contribution is -0.202. The van der Waals surface area contributed by atoms with E-state index in [1.165, 1.54) is 6.33 Å². The number of nitrogens with two attached hydrogens (primary N) is 1. The van der Waals surface area contributed by atoms with Gasteiger partial charge in [-0.1, -0.05) is 18.2 Å². The molecule has 3 aromatic rings. The maximum absolute atomic E-state index is 11.8. The summed E-state index contributed by atoms with van der Waals surface area (Å²) in [6, 6.07) is 7.66. The zero-order valence-corrected chi connectivity index (χ0v) is 17.6. The van der Waals surface area contributed by atoms with Crippen molar-refractivity contribution in [3.63, 3.8) is 0 Å². The molecule has 0 radical (unpaired) electrons. The summed E-state index contributed by atoms with van der Waals surface area (Å²) in [5, 5.41) is 13.0. The number of imidazole rings is 1. The second-order valence-electron chi connectivity index (χ2n) is 8.26. The second-order valence-corrected chi connectivity index (χ2v) is 8.26. The minimum atomic E-state index is -1.18.